The van der Waals surface area contributed by atoms with Crippen LogP contribution in [0.2, 0.25) is 0 Å². The monoisotopic (exact) mass is 267 g/mol. The van der Waals surface area contributed by atoms with Crippen molar-refractivity contribution < 1.29 is 9.47 Å². The highest BCUT2D eigenvalue weighted by Crippen LogP contribution is 2.30. The van der Waals surface area contributed by atoms with Crippen molar-refractivity contribution in [1.29, 1.82) is 0 Å². The molecular weight excluding hydrogens is 254 g/mol. The van der Waals surface area contributed by atoms with Crippen LogP contribution in [0.5, 0.6) is 11.5 Å². The number of hydrogen-bond donors (Lipinski definition) is 0. The van der Waals surface area contributed by atoms with Gasteiger partial charge in [-0.3, -0.25) is 4.98 Å². The normalized spacial score (nSPS) is 10.5. The van der Waals surface area contributed by atoms with Crippen molar-refractivity contribution in [3.63, 3.8) is 0 Å². The Morgan fingerprint density at radius 3 is 2.60 bits per heavy atom. The molecule has 0 unspecified atom stereocenters. The summed E-state index contributed by atoms with van der Waals surface area (Å²) in [5.41, 5.74) is 1.49. The summed E-state index contributed by atoms with van der Waals surface area (Å²) in [4.78, 5) is 13.1. The second-order valence-corrected chi connectivity index (χ2v) is 4.17. The number of methoxy groups -OCH3 is 2. The summed E-state index contributed by atoms with van der Waals surface area (Å²) in [5.74, 6) is 1.96. The molecule has 2 aromatic heterocycles. The Labute approximate surface area is 116 Å². The minimum absolute atomic E-state index is 0.577. The molecule has 0 fully saturated rings. The Morgan fingerprint density at radius 2 is 1.90 bits per heavy atom. The quantitative estimate of drug-likeness (QED) is 0.730. The number of pyridine rings is 1. The summed E-state index contributed by atoms with van der Waals surface area (Å²) in [6.07, 6.45) is 3.46. The third-order valence-corrected chi connectivity index (χ3v) is 2.99. The van der Waals surface area contributed by atoms with Gasteiger partial charge in [-0.25, -0.2) is 9.97 Å². The number of ether oxygens (including phenoxy) is 2. The second kappa shape index (κ2) is 5.13. The van der Waals surface area contributed by atoms with Gasteiger partial charge >= 0.3 is 0 Å². The maximum atomic E-state index is 5.34. The van der Waals surface area contributed by atoms with Gasteiger partial charge in [-0.1, -0.05) is 6.07 Å². The first-order chi connectivity index (χ1) is 9.81. The van der Waals surface area contributed by atoms with Crippen LogP contribution in [0.1, 0.15) is 0 Å². The van der Waals surface area contributed by atoms with Crippen LogP contribution >= 0.6 is 0 Å². The van der Waals surface area contributed by atoms with E-state index in [1.165, 1.54) is 0 Å². The van der Waals surface area contributed by atoms with Crippen LogP contribution in [0.25, 0.3) is 22.4 Å². The molecule has 5 nitrogen and oxygen atoms in total. The number of rotatable bonds is 3. The van der Waals surface area contributed by atoms with E-state index in [-0.39, 0.29) is 0 Å². The van der Waals surface area contributed by atoms with Gasteiger partial charge in [0.1, 0.15) is 17.2 Å². The minimum atomic E-state index is 0.577. The van der Waals surface area contributed by atoms with Gasteiger partial charge in [0, 0.05) is 24.5 Å². The standard InChI is InChI=1S/C15H13N3O2/c1-19-10-7-13-11(14(8-10)20-2)9-17-15(18-13)12-5-3-4-6-16-12/h3-9H,1-2H3. The SMILES string of the molecule is COc1cc(OC)c2cnc(-c3ccccn3)nc2c1. The molecule has 0 saturated carbocycles. The lowest BCUT2D eigenvalue weighted by molar-refractivity contribution is 0.397. The Bertz CT molecular complexity index is 745. The number of fused-ring (bicyclic) bond motifs is 1. The molecule has 5 heteroatoms. The van der Waals surface area contributed by atoms with E-state index in [1.807, 2.05) is 30.3 Å². The van der Waals surface area contributed by atoms with Crippen LogP contribution in [0.4, 0.5) is 0 Å². The molecule has 0 atom stereocenters. The summed E-state index contributed by atoms with van der Waals surface area (Å²) in [7, 11) is 3.22. The van der Waals surface area contributed by atoms with E-state index in [0.29, 0.717) is 17.3 Å². The summed E-state index contributed by atoms with van der Waals surface area (Å²) >= 11 is 0. The third kappa shape index (κ3) is 2.14. The lowest BCUT2D eigenvalue weighted by Crippen LogP contribution is -1.95. The Balaban J connectivity index is 2.20. The van der Waals surface area contributed by atoms with Gasteiger partial charge in [0.15, 0.2) is 5.82 Å². The molecule has 20 heavy (non-hydrogen) atoms. The van der Waals surface area contributed by atoms with Crippen molar-refractivity contribution in [1.82, 2.24) is 15.0 Å². The molecule has 3 aromatic rings. The van der Waals surface area contributed by atoms with Crippen molar-refractivity contribution in [2.24, 2.45) is 0 Å². The van der Waals surface area contributed by atoms with Gasteiger partial charge < -0.3 is 9.47 Å². The molecule has 0 aliphatic heterocycles. The van der Waals surface area contributed by atoms with Crippen LogP contribution in [0.3, 0.4) is 0 Å². The molecule has 3 rings (SSSR count). The smallest absolute Gasteiger partial charge is 0.178 e. The molecule has 0 aliphatic rings. The highest BCUT2D eigenvalue weighted by atomic mass is 16.5. The number of aromatic nitrogens is 3. The van der Waals surface area contributed by atoms with Gasteiger partial charge in [-0.05, 0) is 12.1 Å². The van der Waals surface area contributed by atoms with E-state index in [4.69, 9.17) is 9.47 Å². The predicted octanol–water partition coefficient (Wildman–Crippen LogP) is 2.71. The van der Waals surface area contributed by atoms with Gasteiger partial charge in [0.25, 0.3) is 0 Å². The number of benzene rings is 1. The lowest BCUT2D eigenvalue weighted by atomic mass is 10.2. The van der Waals surface area contributed by atoms with Crippen LogP contribution in [0.15, 0.2) is 42.7 Å². The largest absolute Gasteiger partial charge is 0.497 e. The maximum Gasteiger partial charge on any atom is 0.178 e. The van der Waals surface area contributed by atoms with E-state index >= 15 is 0 Å². The first kappa shape index (κ1) is 12.3. The molecule has 0 saturated heterocycles. The topological polar surface area (TPSA) is 57.1 Å². The molecule has 100 valence electrons. The van der Waals surface area contributed by atoms with Gasteiger partial charge in [0.05, 0.1) is 25.1 Å². The molecule has 0 amide bonds. The maximum absolute atomic E-state index is 5.34. The van der Waals surface area contributed by atoms with Crippen LogP contribution in [0, 0.1) is 0 Å². The zero-order chi connectivity index (χ0) is 13.9. The summed E-state index contributed by atoms with van der Waals surface area (Å²) in [5, 5.41) is 0.841. The van der Waals surface area contributed by atoms with Gasteiger partial charge in [-0.15, -0.1) is 0 Å². The van der Waals surface area contributed by atoms with E-state index < -0.39 is 0 Å². The fraction of sp³-hybridized carbons (Fsp3) is 0.133. The van der Waals surface area contributed by atoms with Crippen molar-refractivity contribution in [2.75, 3.05) is 14.2 Å². The van der Waals surface area contributed by atoms with E-state index in [0.717, 1.165) is 16.6 Å². The van der Waals surface area contributed by atoms with Gasteiger partial charge in [0.2, 0.25) is 0 Å². The molecule has 0 bridgehead atoms. The Morgan fingerprint density at radius 1 is 1.00 bits per heavy atom. The third-order valence-electron chi connectivity index (χ3n) is 2.99. The molecule has 1 aromatic carbocycles. The number of nitrogens with zero attached hydrogens (tertiary/aromatic N) is 3. The first-order valence-electron chi connectivity index (χ1n) is 6.12. The van der Waals surface area contributed by atoms with Crippen LogP contribution in [-0.2, 0) is 0 Å². The van der Waals surface area contributed by atoms with Crippen LogP contribution < -0.4 is 9.47 Å². The summed E-state index contributed by atoms with van der Waals surface area (Å²) in [6, 6.07) is 9.30. The molecule has 0 spiro atoms. The van der Waals surface area contributed by atoms with E-state index in [1.54, 1.807) is 26.6 Å². The number of hydrogen-bond acceptors (Lipinski definition) is 5. The first-order valence-corrected chi connectivity index (χ1v) is 6.12. The fourth-order valence-corrected chi connectivity index (χ4v) is 1.98. The zero-order valence-electron chi connectivity index (χ0n) is 11.2. The predicted molar refractivity (Wildman–Crippen MR) is 75.9 cm³/mol. The van der Waals surface area contributed by atoms with Crippen LogP contribution in [-0.4, -0.2) is 29.2 Å². The van der Waals surface area contributed by atoms with E-state index in [9.17, 15) is 0 Å². The van der Waals surface area contributed by atoms with E-state index in [2.05, 4.69) is 15.0 Å². The molecule has 0 N–H and O–H groups in total. The Hall–Kier alpha value is -2.69. The fourth-order valence-electron chi connectivity index (χ4n) is 1.98. The highest BCUT2D eigenvalue weighted by molar-refractivity contribution is 5.87. The Kier molecular flexibility index (Phi) is 3.16. The second-order valence-electron chi connectivity index (χ2n) is 4.17. The summed E-state index contributed by atoms with van der Waals surface area (Å²) < 4.78 is 10.6. The van der Waals surface area contributed by atoms with Crippen molar-refractivity contribution >= 4 is 10.9 Å². The molecule has 2 heterocycles. The van der Waals surface area contributed by atoms with Crippen molar-refractivity contribution in [3.05, 3.63) is 42.7 Å². The van der Waals surface area contributed by atoms with Crippen molar-refractivity contribution in [3.8, 4) is 23.0 Å². The van der Waals surface area contributed by atoms with Crippen molar-refractivity contribution in [2.45, 2.75) is 0 Å². The molecule has 0 aliphatic carbocycles. The average molecular weight is 267 g/mol. The highest BCUT2D eigenvalue weighted by Gasteiger charge is 2.09. The summed E-state index contributed by atoms with van der Waals surface area (Å²) in [6.45, 7) is 0. The van der Waals surface area contributed by atoms with Gasteiger partial charge in [-0.2, -0.15) is 0 Å². The minimum Gasteiger partial charge on any atom is -0.497 e. The zero-order valence-corrected chi connectivity index (χ0v) is 11.2. The lowest BCUT2D eigenvalue weighted by Gasteiger charge is -2.08. The molecular formula is C15H13N3O2. The average Bonchev–Trinajstić information content (AvgIpc) is 2.54. The molecule has 0 radical (unpaired) electrons.